The normalized spacial score (nSPS) is 10.9. The van der Waals surface area contributed by atoms with Crippen LogP contribution in [-0.2, 0) is 6.42 Å². The van der Waals surface area contributed by atoms with E-state index in [1.54, 1.807) is 18.6 Å². The van der Waals surface area contributed by atoms with Crippen molar-refractivity contribution in [3.05, 3.63) is 54.3 Å². The number of nitrogens with zero attached hydrogens (tertiary/aromatic N) is 5. The quantitative estimate of drug-likeness (QED) is 0.764. The SMILES string of the molecule is CC(C)NC(=O)c1coc(Cc2ccc(-n3nccn3)cn2)n1. The summed E-state index contributed by atoms with van der Waals surface area (Å²) in [5, 5.41) is 10.8. The topological polar surface area (TPSA) is 98.7 Å². The fourth-order valence-electron chi connectivity index (χ4n) is 1.98. The number of hydrogen-bond acceptors (Lipinski definition) is 6. The first kappa shape index (κ1) is 14.9. The Kier molecular flexibility index (Phi) is 4.13. The number of pyridine rings is 1. The Morgan fingerprint density at radius 1 is 1.30 bits per heavy atom. The predicted molar refractivity (Wildman–Crippen MR) is 81.1 cm³/mol. The zero-order valence-electron chi connectivity index (χ0n) is 12.8. The molecule has 3 aromatic heterocycles. The number of carbonyl (C=O) groups is 1. The van der Waals surface area contributed by atoms with Crippen molar-refractivity contribution in [2.75, 3.05) is 0 Å². The molecule has 0 saturated carbocycles. The van der Waals surface area contributed by atoms with Gasteiger partial charge in [0.15, 0.2) is 5.69 Å². The molecule has 0 bridgehead atoms. The van der Waals surface area contributed by atoms with Crippen molar-refractivity contribution in [2.45, 2.75) is 26.3 Å². The van der Waals surface area contributed by atoms with Gasteiger partial charge in [-0.05, 0) is 26.0 Å². The highest BCUT2D eigenvalue weighted by molar-refractivity contribution is 5.92. The number of carbonyl (C=O) groups excluding carboxylic acids is 1. The van der Waals surface area contributed by atoms with E-state index in [0.717, 1.165) is 11.4 Å². The predicted octanol–water partition coefficient (Wildman–Crippen LogP) is 1.38. The van der Waals surface area contributed by atoms with E-state index in [4.69, 9.17) is 4.42 Å². The molecule has 118 valence electrons. The van der Waals surface area contributed by atoms with E-state index in [2.05, 4.69) is 25.5 Å². The van der Waals surface area contributed by atoms with Crippen LogP contribution in [0.5, 0.6) is 0 Å². The molecule has 3 rings (SSSR count). The number of oxazole rings is 1. The maximum Gasteiger partial charge on any atom is 0.273 e. The van der Waals surface area contributed by atoms with Crippen LogP contribution in [0.4, 0.5) is 0 Å². The van der Waals surface area contributed by atoms with Crippen LogP contribution in [0.3, 0.4) is 0 Å². The minimum Gasteiger partial charge on any atom is -0.448 e. The Labute approximate surface area is 132 Å². The summed E-state index contributed by atoms with van der Waals surface area (Å²) in [5.74, 6) is 0.194. The zero-order valence-corrected chi connectivity index (χ0v) is 12.8. The Bertz CT molecular complexity index is 777. The second-order valence-electron chi connectivity index (χ2n) is 5.26. The van der Waals surface area contributed by atoms with Crippen molar-refractivity contribution in [1.29, 1.82) is 0 Å². The van der Waals surface area contributed by atoms with Crippen LogP contribution >= 0.6 is 0 Å². The van der Waals surface area contributed by atoms with Gasteiger partial charge in [-0.2, -0.15) is 15.0 Å². The summed E-state index contributed by atoms with van der Waals surface area (Å²) in [6, 6.07) is 3.75. The molecule has 0 spiro atoms. The summed E-state index contributed by atoms with van der Waals surface area (Å²) >= 11 is 0. The highest BCUT2D eigenvalue weighted by Gasteiger charge is 2.13. The van der Waals surface area contributed by atoms with E-state index in [0.29, 0.717) is 12.3 Å². The Hall–Kier alpha value is -3.03. The molecule has 1 N–H and O–H groups in total. The zero-order chi connectivity index (χ0) is 16.2. The van der Waals surface area contributed by atoms with Gasteiger partial charge in [-0.15, -0.1) is 0 Å². The van der Waals surface area contributed by atoms with Crippen molar-refractivity contribution in [1.82, 2.24) is 30.3 Å². The summed E-state index contributed by atoms with van der Waals surface area (Å²) in [6.45, 7) is 3.78. The van der Waals surface area contributed by atoms with Gasteiger partial charge in [0, 0.05) is 11.7 Å². The molecule has 8 nitrogen and oxygen atoms in total. The van der Waals surface area contributed by atoms with Gasteiger partial charge >= 0.3 is 0 Å². The van der Waals surface area contributed by atoms with E-state index in [1.165, 1.54) is 11.1 Å². The molecule has 0 radical (unpaired) electrons. The van der Waals surface area contributed by atoms with Gasteiger partial charge in [0.2, 0.25) is 5.89 Å². The van der Waals surface area contributed by atoms with Crippen LogP contribution in [0.1, 0.15) is 35.9 Å². The summed E-state index contributed by atoms with van der Waals surface area (Å²) in [4.78, 5) is 21.8. The number of amides is 1. The second-order valence-corrected chi connectivity index (χ2v) is 5.26. The molecule has 8 heteroatoms. The molecular formula is C15H16N6O2. The van der Waals surface area contributed by atoms with Crippen molar-refractivity contribution >= 4 is 5.91 Å². The number of aromatic nitrogens is 5. The van der Waals surface area contributed by atoms with Crippen molar-refractivity contribution in [3.63, 3.8) is 0 Å². The summed E-state index contributed by atoms with van der Waals surface area (Å²) < 4.78 is 5.33. The van der Waals surface area contributed by atoms with Crippen LogP contribution in [0.2, 0.25) is 0 Å². The number of rotatable bonds is 5. The molecule has 0 saturated heterocycles. The van der Waals surface area contributed by atoms with Gasteiger partial charge in [0.05, 0.1) is 25.0 Å². The lowest BCUT2D eigenvalue weighted by atomic mass is 10.2. The highest BCUT2D eigenvalue weighted by Crippen LogP contribution is 2.10. The van der Waals surface area contributed by atoms with Crippen LogP contribution in [0, 0.1) is 0 Å². The van der Waals surface area contributed by atoms with E-state index < -0.39 is 0 Å². The van der Waals surface area contributed by atoms with Crippen molar-refractivity contribution in [2.24, 2.45) is 0 Å². The fourth-order valence-corrected chi connectivity index (χ4v) is 1.98. The van der Waals surface area contributed by atoms with Gasteiger partial charge in [0.1, 0.15) is 12.0 Å². The summed E-state index contributed by atoms with van der Waals surface area (Å²) in [5.41, 5.74) is 1.81. The third-order valence-electron chi connectivity index (χ3n) is 3.00. The van der Waals surface area contributed by atoms with E-state index in [9.17, 15) is 4.79 Å². The molecule has 3 aromatic rings. The molecule has 23 heavy (non-hydrogen) atoms. The molecule has 3 heterocycles. The fraction of sp³-hybridized carbons (Fsp3) is 0.267. The molecule has 0 aliphatic rings. The Morgan fingerprint density at radius 2 is 2.09 bits per heavy atom. The molecule has 0 aromatic carbocycles. The lowest BCUT2D eigenvalue weighted by molar-refractivity contribution is 0.0938. The molecule has 0 unspecified atom stereocenters. The molecule has 0 atom stereocenters. The van der Waals surface area contributed by atoms with E-state index in [1.807, 2.05) is 26.0 Å². The van der Waals surface area contributed by atoms with Crippen LogP contribution in [0.25, 0.3) is 5.69 Å². The van der Waals surface area contributed by atoms with Crippen LogP contribution in [-0.4, -0.2) is 36.9 Å². The second kappa shape index (κ2) is 6.39. The first-order chi connectivity index (χ1) is 11.1. The van der Waals surface area contributed by atoms with Gasteiger partial charge in [0.25, 0.3) is 5.91 Å². The lowest BCUT2D eigenvalue weighted by Crippen LogP contribution is -2.30. The third kappa shape index (κ3) is 3.60. The third-order valence-corrected chi connectivity index (χ3v) is 3.00. The lowest BCUT2D eigenvalue weighted by Gasteiger charge is -2.04. The van der Waals surface area contributed by atoms with Gasteiger partial charge in [-0.1, -0.05) is 0 Å². The number of hydrogen-bond donors (Lipinski definition) is 1. The average molecular weight is 312 g/mol. The summed E-state index contributed by atoms with van der Waals surface area (Å²) in [6.07, 6.45) is 6.64. The minimum atomic E-state index is -0.247. The molecule has 0 aliphatic heterocycles. The van der Waals surface area contributed by atoms with Gasteiger partial charge in [-0.25, -0.2) is 4.98 Å². The van der Waals surface area contributed by atoms with Gasteiger partial charge in [-0.3, -0.25) is 9.78 Å². The molecule has 0 aliphatic carbocycles. The highest BCUT2D eigenvalue weighted by atomic mass is 16.3. The molecule has 0 fully saturated rings. The van der Waals surface area contributed by atoms with E-state index >= 15 is 0 Å². The van der Waals surface area contributed by atoms with Gasteiger partial charge < -0.3 is 9.73 Å². The van der Waals surface area contributed by atoms with Crippen LogP contribution < -0.4 is 5.32 Å². The maximum absolute atomic E-state index is 11.8. The average Bonchev–Trinajstić information content (AvgIpc) is 3.18. The Morgan fingerprint density at radius 3 is 2.74 bits per heavy atom. The maximum atomic E-state index is 11.8. The molecular weight excluding hydrogens is 296 g/mol. The standard InChI is InChI=1S/C15H16N6O2/c1-10(2)19-15(22)13-9-23-14(20-13)7-11-3-4-12(8-16-11)21-17-5-6-18-21/h3-6,8-10H,7H2,1-2H3,(H,19,22). The van der Waals surface area contributed by atoms with Crippen LogP contribution in [0.15, 0.2) is 41.4 Å². The monoisotopic (exact) mass is 312 g/mol. The minimum absolute atomic E-state index is 0.0489. The first-order valence-corrected chi connectivity index (χ1v) is 7.18. The largest absolute Gasteiger partial charge is 0.448 e. The summed E-state index contributed by atoms with van der Waals surface area (Å²) in [7, 11) is 0. The Balaban J connectivity index is 1.68. The molecule has 1 amide bonds. The van der Waals surface area contributed by atoms with Crippen molar-refractivity contribution in [3.8, 4) is 5.69 Å². The number of nitrogens with one attached hydrogen (secondary N) is 1. The van der Waals surface area contributed by atoms with E-state index in [-0.39, 0.29) is 17.6 Å². The smallest absolute Gasteiger partial charge is 0.273 e. The van der Waals surface area contributed by atoms with Crippen molar-refractivity contribution < 1.29 is 9.21 Å². The first-order valence-electron chi connectivity index (χ1n) is 7.18.